The van der Waals surface area contributed by atoms with Gasteiger partial charge in [0.05, 0.1) is 5.02 Å². The molecule has 0 saturated carbocycles. The molecule has 0 bridgehead atoms. The third-order valence-electron chi connectivity index (χ3n) is 1.78. The lowest BCUT2D eigenvalue weighted by Crippen LogP contribution is -1.91. The van der Waals surface area contributed by atoms with Crippen LogP contribution < -0.4 is 0 Å². The third-order valence-corrected chi connectivity index (χ3v) is 3.45. The van der Waals surface area contributed by atoms with Gasteiger partial charge in [0.15, 0.2) is 0 Å². The molecule has 0 aliphatic carbocycles. The second kappa shape index (κ2) is 3.22. The first-order chi connectivity index (χ1) is 6.59. The van der Waals surface area contributed by atoms with Crippen molar-refractivity contribution in [1.82, 2.24) is 0 Å². The van der Waals surface area contributed by atoms with E-state index in [0.717, 1.165) is 11.3 Å². The molecule has 2 aromatic rings. The van der Waals surface area contributed by atoms with E-state index in [1.54, 1.807) is 0 Å². The van der Waals surface area contributed by atoms with Crippen molar-refractivity contribution in [2.45, 2.75) is 0 Å². The van der Waals surface area contributed by atoms with E-state index in [4.69, 9.17) is 16.7 Å². The van der Waals surface area contributed by atoms with Crippen LogP contribution in [-0.4, -0.2) is 11.1 Å². The van der Waals surface area contributed by atoms with E-state index in [-0.39, 0.29) is 9.90 Å². The minimum atomic E-state index is -1.09. The van der Waals surface area contributed by atoms with Crippen molar-refractivity contribution in [1.29, 1.82) is 0 Å². The van der Waals surface area contributed by atoms with Crippen molar-refractivity contribution < 1.29 is 14.3 Å². The number of hydrogen-bond donors (Lipinski definition) is 1. The Hall–Kier alpha value is -1.13. The molecule has 1 aromatic heterocycles. The number of fused-ring (bicyclic) bond motifs is 1. The van der Waals surface area contributed by atoms with Crippen LogP contribution in [0.3, 0.4) is 0 Å². The fourth-order valence-electron chi connectivity index (χ4n) is 1.18. The second-order valence-electron chi connectivity index (χ2n) is 2.69. The highest BCUT2D eigenvalue weighted by Crippen LogP contribution is 2.35. The molecule has 0 spiro atoms. The Morgan fingerprint density at radius 2 is 2.21 bits per heavy atom. The van der Waals surface area contributed by atoms with Gasteiger partial charge in [0.25, 0.3) is 0 Å². The monoisotopic (exact) mass is 230 g/mol. The summed E-state index contributed by atoms with van der Waals surface area (Å²) in [5.41, 5.74) is 0. The average molecular weight is 231 g/mol. The maximum Gasteiger partial charge on any atom is 0.347 e. The van der Waals surface area contributed by atoms with Gasteiger partial charge in [-0.25, -0.2) is 9.18 Å². The van der Waals surface area contributed by atoms with E-state index < -0.39 is 11.8 Å². The van der Waals surface area contributed by atoms with Gasteiger partial charge in [0.1, 0.15) is 10.7 Å². The minimum Gasteiger partial charge on any atom is -0.477 e. The van der Waals surface area contributed by atoms with Crippen molar-refractivity contribution in [2.75, 3.05) is 0 Å². The summed E-state index contributed by atoms with van der Waals surface area (Å²) in [6.45, 7) is 0. The van der Waals surface area contributed by atoms with Gasteiger partial charge in [0, 0.05) is 10.1 Å². The summed E-state index contributed by atoms with van der Waals surface area (Å²) in [6.07, 6.45) is 0. The Bertz CT molecular complexity index is 521. The van der Waals surface area contributed by atoms with Crippen LogP contribution in [0.2, 0.25) is 5.02 Å². The molecule has 0 atom stereocenters. The maximum absolute atomic E-state index is 12.8. The Kier molecular flexibility index (Phi) is 2.17. The van der Waals surface area contributed by atoms with Crippen molar-refractivity contribution in [3.63, 3.8) is 0 Å². The Balaban J connectivity index is 2.80. The normalized spacial score (nSPS) is 10.7. The number of hydrogen-bond acceptors (Lipinski definition) is 2. The summed E-state index contributed by atoms with van der Waals surface area (Å²) >= 11 is 6.83. The minimum absolute atomic E-state index is 0.0484. The van der Waals surface area contributed by atoms with E-state index in [0.29, 0.717) is 10.1 Å². The summed E-state index contributed by atoms with van der Waals surface area (Å²) in [5.74, 6) is -1.51. The zero-order valence-corrected chi connectivity index (χ0v) is 8.32. The molecule has 0 aliphatic rings. The highest BCUT2D eigenvalue weighted by molar-refractivity contribution is 7.21. The van der Waals surface area contributed by atoms with Crippen LogP contribution in [0.1, 0.15) is 9.67 Å². The van der Waals surface area contributed by atoms with E-state index in [1.807, 2.05) is 0 Å². The van der Waals surface area contributed by atoms with Crippen LogP contribution in [0.25, 0.3) is 10.1 Å². The number of carboxylic acids is 1. The van der Waals surface area contributed by atoms with Gasteiger partial charge < -0.3 is 5.11 Å². The number of carboxylic acid groups (broad SMARTS) is 1. The molecule has 0 unspecified atom stereocenters. The van der Waals surface area contributed by atoms with Crippen LogP contribution in [0, 0.1) is 5.82 Å². The molecule has 1 N–H and O–H groups in total. The van der Waals surface area contributed by atoms with Crippen LogP contribution in [-0.2, 0) is 0 Å². The van der Waals surface area contributed by atoms with Gasteiger partial charge in [-0.2, -0.15) is 0 Å². The first-order valence-electron chi connectivity index (χ1n) is 3.70. The van der Waals surface area contributed by atoms with E-state index in [1.165, 1.54) is 18.2 Å². The first-order valence-corrected chi connectivity index (χ1v) is 4.90. The molecule has 14 heavy (non-hydrogen) atoms. The summed E-state index contributed by atoms with van der Waals surface area (Å²) in [6, 6.07) is 4.04. The lowest BCUT2D eigenvalue weighted by Gasteiger charge is -1.90. The van der Waals surface area contributed by atoms with Gasteiger partial charge in [0.2, 0.25) is 0 Å². The molecular weight excluding hydrogens is 227 g/mol. The molecule has 0 radical (unpaired) electrons. The molecular formula is C9H4ClFO2S. The third kappa shape index (κ3) is 1.36. The predicted octanol–water partition coefficient (Wildman–Crippen LogP) is 3.39. The predicted molar refractivity (Wildman–Crippen MR) is 53.8 cm³/mol. The van der Waals surface area contributed by atoms with Crippen LogP contribution in [0.4, 0.5) is 4.39 Å². The highest BCUT2D eigenvalue weighted by atomic mass is 35.5. The van der Waals surface area contributed by atoms with Crippen molar-refractivity contribution in [2.24, 2.45) is 0 Å². The number of rotatable bonds is 1. The lowest BCUT2D eigenvalue weighted by molar-refractivity contribution is 0.0702. The van der Waals surface area contributed by atoms with Gasteiger partial charge in [-0.3, -0.25) is 0 Å². The van der Waals surface area contributed by atoms with E-state index >= 15 is 0 Å². The van der Waals surface area contributed by atoms with Gasteiger partial charge in [-0.1, -0.05) is 11.6 Å². The Labute approximate surface area is 87.5 Å². The van der Waals surface area contributed by atoms with Crippen molar-refractivity contribution >= 4 is 39.0 Å². The first kappa shape index (κ1) is 9.43. The number of halogens is 2. The number of thiophene rings is 1. The lowest BCUT2D eigenvalue weighted by atomic mass is 10.2. The molecule has 0 amide bonds. The largest absolute Gasteiger partial charge is 0.477 e. The van der Waals surface area contributed by atoms with Crippen molar-refractivity contribution in [3.05, 3.63) is 33.9 Å². The SMILES string of the molecule is O=C(O)c1sc2ccc(F)cc2c1Cl. The molecule has 0 fully saturated rings. The van der Waals surface area contributed by atoms with Gasteiger partial charge in [-0.05, 0) is 18.2 Å². The van der Waals surface area contributed by atoms with Crippen LogP contribution in [0.15, 0.2) is 18.2 Å². The fourth-order valence-corrected chi connectivity index (χ4v) is 2.50. The smallest absolute Gasteiger partial charge is 0.347 e. The van der Waals surface area contributed by atoms with Crippen molar-refractivity contribution in [3.8, 4) is 0 Å². The molecule has 0 saturated heterocycles. The number of aromatic carboxylic acids is 1. The average Bonchev–Trinajstić information content (AvgIpc) is 2.44. The molecule has 2 rings (SSSR count). The maximum atomic E-state index is 12.8. The molecule has 1 aromatic carbocycles. The quantitative estimate of drug-likeness (QED) is 0.815. The van der Waals surface area contributed by atoms with E-state index in [2.05, 4.69) is 0 Å². The molecule has 5 heteroatoms. The Morgan fingerprint density at radius 1 is 1.50 bits per heavy atom. The highest BCUT2D eigenvalue weighted by Gasteiger charge is 2.16. The number of benzene rings is 1. The summed E-state index contributed by atoms with van der Waals surface area (Å²) < 4.78 is 13.5. The summed E-state index contributed by atoms with van der Waals surface area (Å²) in [7, 11) is 0. The standard InChI is InChI=1S/C9H4ClFO2S/c10-7-5-3-4(11)1-2-6(5)14-8(7)9(12)13/h1-3H,(H,12,13). The Morgan fingerprint density at radius 3 is 2.86 bits per heavy atom. The molecule has 0 aliphatic heterocycles. The summed E-state index contributed by atoms with van der Waals surface area (Å²) in [4.78, 5) is 10.8. The van der Waals surface area contributed by atoms with Crippen LogP contribution >= 0.6 is 22.9 Å². The summed E-state index contributed by atoms with van der Waals surface area (Å²) in [5, 5.41) is 9.33. The second-order valence-corrected chi connectivity index (χ2v) is 4.12. The number of carbonyl (C=O) groups is 1. The molecule has 1 heterocycles. The van der Waals surface area contributed by atoms with Gasteiger partial charge in [-0.15, -0.1) is 11.3 Å². The topological polar surface area (TPSA) is 37.3 Å². The fraction of sp³-hybridized carbons (Fsp3) is 0. The zero-order chi connectivity index (χ0) is 10.3. The molecule has 72 valence electrons. The zero-order valence-electron chi connectivity index (χ0n) is 6.75. The van der Waals surface area contributed by atoms with Crippen LogP contribution in [0.5, 0.6) is 0 Å². The van der Waals surface area contributed by atoms with E-state index in [9.17, 15) is 9.18 Å². The molecule has 2 nitrogen and oxygen atoms in total. The van der Waals surface area contributed by atoms with Gasteiger partial charge >= 0.3 is 5.97 Å².